The molecule has 0 bridgehead atoms. The summed E-state index contributed by atoms with van der Waals surface area (Å²) in [5.74, 6) is 1.86. The van der Waals surface area contributed by atoms with Crippen LogP contribution in [0, 0.1) is 12.3 Å². The number of hydrogen-bond donors (Lipinski definition) is 1. The molecular formula is C11H17NO2. The highest BCUT2D eigenvalue weighted by Crippen LogP contribution is 2.29. The number of carboxylic acid groups (broad SMARTS) is 1. The van der Waals surface area contributed by atoms with Crippen LogP contribution in [0.4, 0.5) is 0 Å². The summed E-state index contributed by atoms with van der Waals surface area (Å²) in [6.07, 6.45) is 8.49. The Bertz CT molecular complexity index is 257. The lowest BCUT2D eigenvalue weighted by Crippen LogP contribution is -2.48. The van der Waals surface area contributed by atoms with E-state index < -0.39 is 11.5 Å². The molecule has 1 saturated heterocycles. The van der Waals surface area contributed by atoms with Gasteiger partial charge in [0, 0.05) is 13.0 Å². The van der Waals surface area contributed by atoms with Crippen molar-refractivity contribution in [1.29, 1.82) is 0 Å². The van der Waals surface area contributed by atoms with Gasteiger partial charge in [0.15, 0.2) is 0 Å². The van der Waals surface area contributed by atoms with Gasteiger partial charge in [-0.3, -0.25) is 9.69 Å². The first kappa shape index (κ1) is 11.1. The van der Waals surface area contributed by atoms with Crippen LogP contribution in [-0.2, 0) is 4.79 Å². The van der Waals surface area contributed by atoms with Crippen molar-refractivity contribution in [2.45, 2.75) is 38.1 Å². The Morgan fingerprint density at radius 1 is 1.71 bits per heavy atom. The third kappa shape index (κ3) is 2.08. The molecular weight excluding hydrogens is 178 g/mol. The first-order chi connectivity index (χ1) is 6.61. The Labute approximate surface area is 85.1 Å². The zero-order chi connectivity index (χ0) is 10.6. The first-order valence-electron chi connectivity index (χ1n) is 5.03. The number of rotatable bonds is 4. The summed E-state index contributed by atoms with van der Waals surface area (Å²) in [7, 11) is 0. The summed E-state index contributed by atoms with van der Waals surface area (Å²) in [6, 6.07) is 0. The molecule has 1 fully saturated rings. The summed E-state index contributed by atoms with van der Waals surface area (Å²) < 4.78 is 0. The molecule has 1 unspecified atom stereocenters. The molecule has 1 aliphatic rings. The van der Waals surface area contributed by atoms with Gasteiger partial charge in [0.2, 0.25) is 0 Å². The fraction of sp³-hybridized carbons (Fsp3) is 0.727. The predicted molar refractivity (Wildman–Crippen MR) is 54.9 cm³/mol. The lowest BCUT2D eigenvalue weighted by Gasteiger charge is -2.30. The lowest BCUT2D eigenvalue weighted by atomic mass is 9.99. The molecule has 0 radical (unpaired) electrons. The van der Waals surface area contributed by atoms with Crippen LogP contribution in [0.1, 0.15) is 32.6 Å². The van der Waals surface area contributed by atoms with Gasteiger partial charge in [-0.05, 0) is 32.7 Å². The van der Waals surface area contributed by atoms with Crippen LogP contribution in [0.2, 0.25) is 0 Å². The topological polar surface area (TPSA) is 40.5 Å². The minimum Gasteiger partial charge on any atom is -0.480 e. The monoisotopic (exact) mass is 195 g/mol. The second-order valence-electron chi connectivity index (χ2n) is 3.98. The summed E-state index contributed by atoms with van der Waals surface area (Å²) in [5, 5.41) is 9.12. The molecule has 0 aliphatic carbocycles. The third-order valence-electron chi connectivity index (χ3n) is 3.00. The van der Waals surface area contributed by atoms with Gasteiger partial charge in [0.25, 0.3) is 0 Å². The van der Waals surface area contributed by atoms with E-state index in [1.54, 1.807) is 6.92 Å². The summed E-state index contributed by atoms with van der Waals surface area (Å²) >= 11 is 0. The fourth-order valence-corrected chi connectivity index (χ4v) is 1.99. The Balaban J connectivity index is 2.52. The van der Waals surface area contributed by atoms with E-state index in [1.807, 2.05) is 4.90 Å². The maximum atomic E-state index is 11.1. The van der Waals surface area contributed by atoms with E-state index >= 15 is 0 Å². The molecule has 0 amide bonds. The van der Waals surface area contributed by atoms with Crippen molar-refractivity contribution in [3.63, 3.8) is 0 Å². The average molecular weight is 195 g/mol. The Morgan fingerprint density at radius 3 is 3.00 bits per heavy atom. The molecule has 1 aliphatic heterocycles. The van der Waals surface area contributed by atoms with Crippen LogP contribution in [0.15, 0.2) is 0 Å². The van der Waals surface area contributed by atoms with Crippen LogP contribution in [0.3, 0.4) is 0 Å². The zero-order valence-corrected chi connectivity index (χ0v) is 8.62. The maximum absolute atomic E-state index is 11.1. The van der Waals surface area contributed by atoms with Gasteiger partial charge in [0.05, 0.1) is 0 Å². The minimum absolute atomic E-state index is 0.658. The number of terminal acetylenes is 1. The molecule has 1 N–H and O–H groups in total. The standard InChI is InChI=1S/C11H17NO2/c1-3-4-5-8-12-9-6-7-11(12,2)10(13)14/h1H,4-9H2,2H3,(H,13,14). The molecule has 0 aromatic heterocycles. The molecule has 0 spiro atoms. The fourth-order valence-electron chi connectivity index (χ4n) is 1.99. The third-order valence-corrected chi connectivity index (χ3v) is 3.00. The Morgan fingerprint density at radius 2 is 2.43 bits per heavy atom. The zero-order valence-electron chi connectivity index (χ0n) is 8.62. The SMILES string of the molecule is C#CCCCN1CCCC1(C)C(=O)O. The van der Waals surface area contributed by atoms with Crippen molar-refractivity contribution in [1.82, 2.24) is 4.90 Å². The molecule has 1 atom stereocenters. The summed E-state index contributed by atoms with van der Waals surface area (Å²) in [4.78, 5) is 13.1. The number of hydrogen-bond acceptors (Lipinski definition) is 2. The van der Waals surface area contributed by atoms with Gasteiger partial charge < -0.3 is 5.11 Å². The molecule has 0 saturated carbocycles. The van der Waals surface area contributed by atoms with Crippen molar-refractivity contribution < 1.29 is 9.90 Å². The quantitative estimate of drug-likeness (QED) is 0.543. The van der Waals surface area contributed by atoms with Gasteiger partial charge in [-0.2, -0.15) is 0 Å². The second kappa shape index (κ2) is 4.47. The summed E-state index contributed by atoms with van der Waals surface area (Å²) in [6.45, 7) is 3.48. The van der Waals surface area contributed by atoms with Crippen molar-refractivity contribution >= 4 is 5.97 Å². The van der Waals surface area contributed by atoms with Gasteiger partial charge in [-0.25, -0.2) is 0 Å². The van der Waals surface area contributed by atoms with E-state index in [-0.39, 0.29) is 0 Å². The van der Waals surface area contributed by atoms with Crippen molar-refractivity contribution in [3.05, 3.63) is 0 Å². The van der Waals surface area contributed by atoms with Gasteiger partial charge >= 0.3 is 5.97 Å². The van der Waals surface area contributed by atoms with Crippen LogP contribution >= 0.6 is 0 Å². The molecule has 3 heteroatoms. The summed E-state index contributed by atoms with van der Waals surface area (Å²) in [5.41, 5.74) is -0.658. The molecule has 78 valence electrons. The minimum atomic E-state index is -0.712. The molecule has 1 rings (SSSR count). The van der Waals surface area contributed by atoms with Crippen molar-refractivity contribution in [3.8, 4) is 12.3 Å². The molecule has 1 heterocycles. The second-order valence-corrected chi connectivity index (χ2v) is 3.98. The normalized spacial score (nSPS) is 27.4. The van der Waals surface area contributed by atoms with E-state index in [1.165, 1.54) is 0 Å². The highest BCUT2D eigenvalue weighted by atomic mass is 16.4. The molecule has 14 heavy (non-hydrogen) atoms. The lowest BCUT2D eigenvalue weighted by molar-refractivity contribution is -0.148. The number of carboxylic acids is 1. The average Bonchev–Trinajstić information content (AvgIpc) is 2.50. The largest absolute Gasteiger partial charge is 0.480 e. The van der Waals surface area contributed by atoms with Crippen LogP contribution in [0.25, 0.3) is 0 Å². The molecule has 3 nitrogen and oxygen atoms in total. The van der Waals surface area contributed by atoms with Crippen LogP contribution < -0.4 is 0 Å². The maximum Gasteiger partial charge on any atom is 0.323 e. The van der Waals surface area contributed by atoms with E-state index in [0.29, 0.717) is 0 Å². The van der Waals surface area contributed by atoms with E-state index in [4.69, 9.17) is 11.5 Å². The Hall–Kier alpha value is -1.01. The number of nitrogens with zero attached hydrogens (tertiary/aromatic N) is 1. The van der Waals surface area contributed by atoms with Crippen LogP contribution in [0.5, 0.6) is 0 Å². The van der Waals surface area contributed by atoms with E-state index in [9.17, 15) is 4.79 Å². The highest BCUT2D eigenvalue weighted by molar-refractivity contribution is 5.78. The smallest absolute Gasteiger partial charge is 0.323 e. The van der Waals surface area contributed by atoms with E-state index in [2.05, 4.69) is 5.92 Å². The number of unbranched alkanes of at least 4 members (excludes halogenated alkanes) is 1. The highest BCUT2D eigenvalue weighted by Gasteiger charge is 2.42. The van der Waals surface area contributed by atoms with Gasteiger partial charge in [-0.1, -0.05) is 0 Å². The first-order valence-corrected chi connectivity index (χ1v) is 5.03. The number of carbonyl (C=O) groups is 1. The van der Waals surface area contributed by atoms with Gasteiger partial charge in [-0.15, -0.1) is 12.3 Å². The number of aliphatic carboxylic acids is 1. The van der Waals surface area contributed by atoms with E-state index in [0.717, 1.165) is 38.8 Å². The molecule has 0 aromatic carbocycles. The van der Waals surface area contributed by atoms with Crippen molar-refractivity contribution in [2.24, 2.45) is 0 Å². The van der Waals surface area contributed by atoms with Crippen molar-refractivity contribution in [2.75, 3.05) is 13.1 Å². The number of likely N-dealkylation sites (tertiary alicyclic amines) is 1. The van der Waals surface area contributed by atoms with Crippen LogP contribution in [-0.4, -0.2) is 34.6 Å². The van der Waals surface area contributed by atoms with Gasteiger partial charge in [0.1, 0.15) is 5.54 Å². The predicted octanol–water partition coefficient (Wildman–Crippen LogP) is 1.34. The molecule has 0 aromatic rings. The Kier molecular flexibility index (Phi) is 3.54.